The molecule has 3 rings (SSSR count). The molecule has 0 aromatic heterocycles. The summed E-state index contributed by atoms with van der Waals surface area (Å²) in [5.41, 5.74) is 0.914. The number of nitrogens with zero attached hydrogens (tertiary/aromatic N) is 2. The highest BCUT2D eigenvalue weighted by atomic mass is 16.6. The zero-order valence-electron chi connectivity index (χ0n) is 11.5. The fourth-order valence-electron chi connectivity index (χ4n) is 2.18. The molecule has 0 bridgehead atoms. The first kappa shape index (κ1) is 14.4. The van der Waals surface area contributed by atoms with Crippen molar-refractivity contribution < 1.29 is 10.0 Å². The number of rotatable bonds is 3. The molecule has 0 spiro atoms. The Hall–Kier alpha value is -3.55. The van der Waals surface area contributed by atoms with Crippen LogP contribution in [0.4, 0.5) is 11.4 Å². The average Bonchev–Trinajstić information content (AvgIpc) is 2.78. The summed E-state index contributed by atoms with van der Waals surface area (Å²) >= 11 is 0. The summed E-state index contributed by atoms with van der Waals surface area (Å²) in [6.45, 7) is 0. The molecular formula is C15H9N3O5. The van der Waals surface area contributed by atoms with Crippen molar-refractivity contribution in [1.82, 2.24) is 0 Å². The number of fused-ring (bicyclic) bond motifs is 1. The van der Waals surface area contributed by atoms with Crippen LogP contribution >= 0.6 is 0 Å². The van der Waals surface area contributed by atoms with Gasteiger partial charge in [0, 0.05) is 22.9 Å². The number of nitrogens with one attached hydrogen (secondary N) is 1. The van der Waals surface area contributed by atoms with E-state index in [1.807, 2.05) is 0 Å². The molecule has 3 aromatic rings. The number of benzene rings is 2. The number of non-ortho nitro benzene ring substituents is 1. The fourth-order valence-corrected chi connectivity index (χ4v) is 2.18. The van der Waals surface area contributed by atoms with Crippen LogP contribution in [-0.4, -0.2) is 10.0 Å². The standard InChI is InChI=1S/C15H9N3O5/c19-12-6-5-8(18(22)23)7-11(12)16-17-13-14(20)9-3-1-2-4-10(9)15(13)21/h1-7,16,19H. The number of hydrogen-bond donors (Lipinski definition) is 2. The van der Waals surface area contributed by atoms with Gasteiger partial charge < -0.3 is 5.11 Å². The highest BCUT2D eigenvalue weighted by molar-refractivity contribution is 5.83. The number of nitro benzene ring substituents is 1. The van der Waals surface area contributed by atoms with Crippen molar-refractivity contribution in [2.24, 2.45) is 5.10 Å². The second-order valence-electron chi connectivity index (χ2n) is 4.73. The number of nitro groups is 1. The molecule has 8 nitrogen and oxygen atoms in total. The first-order valence-corrected chi connectivity index (χ1v) is 6.48. The third kappa shape index (κ3) is 2.42. The monoisotopic (exact) mass is 311 g/mol. The molecule has 0 saturated carbocycles. The molecule has 0 radical (unpaired) electrons. The van der Waals surface area contributed by atoms with E-state index >= 15 is 0 Å². The summed E-state index contributed by atoms with van der Waals surface area (Å²) in [6.07, 6.45) is 0. The molecule has 0 heterocycles. The van der Waals surface area contributed by atoms with Gasteiger partial charge in [0.25, 0.3) is 5.69 Å². The average molecular weight is 311 g/mol. The molecule has 0 aliphatic heterocycles. The van der Waals surface area contributed by atoms with E-state index in [0.717, 1.165) is 18.2 Å². The topological polar surface area (TPSA) is 122 Å². The second-order valence-corrected chi connectivity index (χ2v) is 4.73. The molecule has 114 valence electrons. The van der Waals surface area contributed by atoms with Gasteiger partial charge in [-0.05, 0) is 6.07 Å². The summed E-state index contributed by atoms with van der Waals surface area (Å²) < 4.78 is 0. The maximum atomic E-state index is 12.1. The van der Waals surface area contributed by atoms with E-state index in [0.29, 0.717) is 0 Å². The summed E-state index contributed by atoms with van der Waals surface area (Å²) in [7, 11) is 0. The van der Waals surface area contributed by atoms with Gasteiger partial charge in [0.1, 0.15) is 11.4 Å². The van der Waals surface area contributed by atoms with E-state index in [1.165, 1.54) is 12.1 Å². The largest absolute Gasteiger partial charge is 0.506 e. The molecule has 0 aliphatic rings. The lowest BCUT2D eigenvalue weighted by atomic mass is 10.2. The van der Waals surface area contributed by atoms with E-state index in [9.17, 15) is 24.8 Å². The van der Waals surface area contributed by atoms with E-state index in [-0.39, 0.29) is 33.3 Å². The molecule has 0 atom stereocenters. The van der Waals surface area contributed by atoms with Crippen molar-refractivity contribution >= 4 is 22.1 Å². The Morgan fingerprint density at radius 2 is 1.65 bits per heavy atom. The van der Waals surface area contributed by atoms with Crippen molar-refractivity contribution in [3.8, 4) is 5.75 Å². The van der Waals surface area contributed by atoms with Gasteiger partial charge in [-0.2, -0.15) is 5.10 Å². The molecule has 2 N–H and O–H groups in total. The predicted octanol–water partition coefficient (Wildman–Crippen LogP) is 0.977. The van der Waals surface area contributed by atoms with Gasteiger partial charge in [0.15, 0.2) is 5.36 Å². The van der Waals surface area contributed by atoms with Crippen LogP contribution < -0.4 is 21.6 Å². The molecular weight excluding hydrogens is 302 g/mol. The van der Waals surface area contributed by atoms with Crippen molar-refractivity contribution in [1.29, 1.82) is 0 Å². The lowest BCUT2D eigenvalue weighted by molar-refractivity contribution is -0.384. The Balaban J connectivity index is 2.11. The predicted molar refractivity (Wildman–Crippen MR) is 82.8 cm³/mol. The van der Waals surface area contributed by atoms with Gasteiger partial charge in [0.2, 0.25) is 10.9 Å². The minimum atomic E-state index is -0.639. The lowest BCUT2D eigenvalue weighted by Gasteiger charge is -2.02. The number of phenols is 1. The first-order chi connectivity index (χ1) is 11.0. The number of anilines is 1. The number of phenolic OH excluding ortho intramolecular Hbond substituents is 1. The van der Waals surface area contributed by atoms with Crippen LogP contribution in [0.5, 0.6) is 5.75 Å². The van der Waals surface area contributed by atoms with E-state index in [1.54, 1.807) is 12.1 Å². The fraction of sp³-hybridized carbons (Fsp3) is 0. The first-order valence-electron chi connectivity index (χ1n) is 6.48. The van der Waals surface area contributed by atoms with Gasteiger partial charge in [-0.15, -0.1) is 0 Å². The third-order valence-corrected chi connectivity index (χ3v) is 3.33. The van der Waals surface area contributed by atoms with Crippen LogP contribution in [0.2, 0.25) is 0 Å². The van der Waals surface area contributed by atoms with Crippen LogP contribution in [-0.2, 0) is 0 Å². The molecule has 0 unspecified atom stereocenters. The molecule has 0 fully saturated rings. The zero-order valence-corrected chi connectivity index (χ0v) is 11.5. The quantitative estimate of drug-likeness (QED) is 0.422. The van der Waals surface area contributed by atoms with E-state index < -0.39 is 15.8 Å². The number of hydrogen-bond acceptors (Lipinski definition) is 7. The number of aromatic hydroxyl groups is 1. The zero-order chi connectivity index (χ0) is 16.6. The highest BCUT2D eigenvalue weighted by Gasteiger charge is 2.12. The summed E-state index contributed by atoms with van der Waals surface area (Å²) in [5.74, 6) is -0.296. The van der Waals surface area contributed by atoms with Crippen LogP contribution in [0.1, 0.15) is 0 Å². The highest BCUT2D eigenvalue weighted by Crippen LogP contribution is 2.27. The third-order valence-electron chi connectivity index (χ3n) is 3.33. The Morgan fingerprint density at radius 1 is 1.04 bits per heavy atom. The van der Waals surface area contributed by atoms with Gasteiger partial charge in [-0.25, -0.2) is 0 Å². The lowest BCUT2D eigenvalue weighted by Crippen LogP contribution is -2.32. The Morgan fingerprint density at radius 3 is 2.22 bits per heavy atom. The van der Waals surface area contributed by atoms with Crippen molar-refractivity contribution in [3.05, 3.63) is 78.4 Å². The van der Waals surface area contributed by atoms with Crippen LogP contribution in [0.3, 0.4) is 0 Å². The van der Waals surface area contributed by atoms with Gasteiger partial charge in [0.05, 0.1) is 4.92 Å². The molecule has 0 saturated heterocycles. The van der Waals surface area contributed by atoms with Gasteiger partial charge in [-0.1, -0.05) is 24.3 Å². The smallest absolute Gasteiger partial charge is 0.271 e. The Kier molecular flexibility index (Phi) is 3.34. The Bertz CT molecular complexity index is 1030. The SMILES string of the molecule is O=c1c(=NNc2cc([N+](=O)[O-])ccc2O)c(=O)c2ccccc12. The van der Waals surface area contributed by atoms with Gasteiger partial charge >= 0.3 is 0 Å². The molecule has 23 heavy (non-hydrogen) atoms. The minimum Gasteiger partial charge on any atom is -0.506 e. The van der Waals surface area contributed by atoms with Crippen LogP contribution in [0.15, 0.2) is 57.2 Å². The maximum absolute atomic E-state index is 12.1. The maximum Gasteiger partial charge on any atom is 0.271 e. The molecule has 3 aromatic carbocycles. The normalized spacial score (nSPS) is 10.6. The summed E-state index contributed by atoms with van der Waals surface area (Å²) in [4.78, 5) is 34.3. The van der Waals surface area contributed by atoms with Crippen molar-refractivity contribution in [2.45, 2.75) is 0 Å². The van der Waals surface area contributed by atoms with E-state index in [4.69, 9.17) is 0 Å². The minimum absolute atomic E-state index is 0.0803. The molecule has 0 amide bonds. The van der Waals surface area contributed by atoms with Crippen LogP contribution in [0, 0.1) is 10.1 Å². The second kappa shape index (κ2) is 5.34. The molecule has 0 aliphatic carbocycles. The van der Waals surface area contributed by atoms with Crippen molar-refractivity contribution in [2.75, 3.05) is 5.43 Å². The van der Waals surface area contributed by atoms with Crippen molar-refractivity contribution in [3.63, 3.8) is 0 Å². The Labute approximate surface area is 127 Å². The summed E-state index contributed by atoms with van der Waals surface area (Å²) in [5, 5.41) is 24.3. The van der Waals surface area contributed by atoms with Crippen LogP contribution in [0.25, 0.3) is 10.8 Å². The molecule has 8 heteroatoms. The summed E-state index contributed by atoms with van der Waals surface area (Å²) in [6, 6.07) is 9.59. The van der Waals surface area contributed by atoms with Gasteiger partial charge in [-0.3, -0.25) is 25.1 Å². The van der Waals surface area contributed by atoms with E-state index in [2.05, 4.69) is 10.5 Å².